The van der Waals surface area contributed by atoms with Gasteiger partial charge in [-0.25, -0.2) is 0 Å². The molecule has 0 aromatic heterocycles. The largest absolute Gasteiger partial charge is 0.426 e. The smallest absolute Gasteiger partial charge is 0.316 e. The Kier molecular flexibility index (Phi) is 5.07. The summed E-state index contributed by atoms with van der Waals surface area (Å²) >= 11 is 6.16. The van der Waals surface area contributed by atoms with E-state index in [2.05, 4.69) is 0 Å². The third kappa shape index (κ3) is 3.73. The van der Waals surface area contributed by atoms with Crippen LogP contribution in [0.15, 0.2) is 48.5 Å². The molecule has 2 fully saturated rings. The van der Waals surface area contributed by atoms with Crippen molar-refractivity contribution in [1.29, 1.82) is 0 Å². The maximum atomic E-state index is 12.6. The lowest BCUT2D eigenvalue weighted by molar-refractivity contribution is -0.139. The van der Waals surface area contributed by atoms with E-state index >= 15 is 0 Å². The number of imide groups is 1. The molecule has 0 N–H and O–H groups in total. The van der Waals surface area contributed by atoms with Crippen molar-refractivity contribution in [2.75, 3.05) is 16.3 Å². The molecule has 7 nitrogen and oxygen atoms in total. The fourth-order valence-electron chi connectivity index (χ4n) is 3.52. The number of esters is 1. The summed E-state index contributed by atoms with van der Waals surface area (Å²) in [5.74, 6) is -1.75. The first-order valence-corrected chi connectivity index (χ1v) is 9.54. The Bertz CT molecular complexity index is 1010. The van der Waals surface area contributed by atoms with Gasteiger partial charge < -0.3 is 9.64 Å². The second kappa shape index (κ2) is 7.67. The third-order valence-electron chi connectivity index (χ3n) is 4.95. The fraction of sp³-hybridized carbons (Fsp3) is 0.238. The molecule has 2 aliphatic heterocycles. The van der Waals surface area contributed by atoms with Crippen molar-refractivity contribution < 1.29 is 23.9 Å². The average molecular weight is 413 g/mol. The molecule has 29 heavy (non-hydrogen) atoms. The maximum absolute atomic E-state index is 12.6. The van der Waals surface area contributed by atoms with E-state index in [1.165, 1.54) is 11.0 Å². The number of hydrogen-bond acceptors (Lipinski definition) is 5. The summed E-state index contributed by atoms with van der Waals surface area (Å²) in [4.78, 5) is 51.4. The number of carbonyl (C=O) groups excluding carboxylic acids is 4. The fourth-order valence-corrected chi connectivity index (χ4v) is 3.76. The van der Waals surface area contributed by atoms with Crippen molar-refractivity contribution in [2.24, 2.45) is 5.92 Å². The minimum Gasteiger partial charge on any atom is -0.426 e. The number of amides is 3. The number of para-hydroxylation sites is 1. The third-order valence-corrected chi connectivity index (χ3v) is 5.27. The van der Waals surface area contributed by atoms with Crippen molar-refractivity contribution in [1.82, 2.24) is 0 Å². The van der Waals surface area contributed by atoms with E-state index < -0.39 is 11.9 Å². The Morgan fingerprint density at radius 3 is 2.41 bits per heavy atom. The highest BCUT2D eigenvalue weighted by Gasteiger charge is 2.37. The zero-order chi connectivity index (χ0) is 20.5. The zero-order valence-corrected chi connectivity index (χ0v) is 16.1. The quantitative estimate of drug-likeness (QED) is 0.438. The van der Waals surface area contributed by atoms with Crippen LogP contribution in [-0.2, 0) is 19.2 Å². The summed E-state index contributed by atoms with van der Waals surface area (Å²) in [6.45, 7) is 0.171. The second-order valence-electron chi connectivity index (χ2n) is 6.90. The first-order chi connectivity index (χ1) is 13.9. The summed E-state index contributed by atoms with van der Waals surface area (Å²) in [5.41, 5.74) is 0.922. The number of anilines is 2. The van der Waals surface area contributed by atoms with Crippen LogP contribution >= 0.6 is 11.6 Å². The molecule has 2 aliphatic rings. The zero-order valence-electron chi connectivity index (χ0n) is 15.3. The molecule has 1 atom stereocenters. The van der Waals surface area contributed by atoms with Crippen LogP contribution in [0.5, 0.6) is 5.75 Å². The SMILES string of the molecule is O=C(Oc1cccc(N2C(=O)CCC2=O)c1)[C@@H]1CC(=O)N(c2ccccc2Cl)C1. The number of nitrogens with zero attached hydrogens (tertiary/aromatic N) is 2. The maximum Gasteiger partial charge on any atom is 0.316 e. The summed E-state index contributed by atoms with van der Waals surface area (Å²) in [6.07, 6.45) is 0.364. The van der Waals surface area contributed by atoms with E-state index in [1.54, 1.807) is 42.5 Å². The summed E-state index contributed by atoms with van der Waals surface area (Å²) < 4.78 is 5.43. The first-order valence-electron chi connectivity index (χ1n) is 9.16. The molecule has 0 aliphatic carbocycles. The predicted molar refractivity (Wildman–Crippen MR) is 106 cm³/mol. The van der Waals surface area contributed by atoms with Crippen LogP contribution in [0.1, 0.15) is 19.3 Å². The molecule has 8 heteroatoms. The summed E-state index contributed by atoms with van der Waals surface area (Å²) in [6, 6.07) is 13.2. The highest BCUT2D eigenvalue weighted by atomic mass is 35.5. The molecule has 0 saturated carbocycles. The lowest BCUT2D eigenvalue weighted by Crippen LogP contribution is -2.29. The monoisotopic (exact) mass is 412 g/mol. The molecule has 2 aromatic carbocycles. The molecule has 148 valence electrons. The normalized spacial score (nSPS) is 19.2. The standard InChI is InChI=1S/C21H17ClN2O5/c22-16-6-1-2-7-17(16)23-12-13(10-20(23)27)21(28)29-15-5-3-4-14(11-15)24-18(25)8-9-19(24)26/h1-7,11,13H,8-10,12H2/t13-/m1/s1. The van der Waals surface area contributed by atoms with Crippen LogP contribution in [0.25, 0.3) is 0 Å². The van der Waals surface area contributed by atoms with Crippen molar-refractivity contribution in [2.45, 2.75) is 19.3 Å². The van der Waals surface area contributed by atoms with Crippen molar-refractivity contribution in [3.05, 3.63) is 53.6 Å². The topological polar surface area (TPSA) is 84.0 Å². The molecule has 0 bridgehead atoms. The van der Waals surface area contributed by atoms with E-state index in [1.807, 2.05) is 0 Å². The van der Waals surface area contributed by atoms with Gasteiger partial charge >= 0.3 is 5.97 Å². The Labute approximate surface area is 171 Å². The molecule has 2 aromatic rings. The Hall–Kier alpha value is -3.19. The van der Waals surface area contributed by atoms with Crippen LogP contribution in [0, 0.1) is 5.92 Å². The Morgan fingerprint density at radius 2 is 1.69 bits per heavy atom. The predicted octanol–water partition coefficient (Wildman–Crippen LogP) is 2.95. The van der Waals surface area contributed by atoms with E-state index in [0.717, 1.165) is 4.90 Å². The van der Waals surface area contributed by atoms with E-state index in [4.69, 9.17) is 16.3 Å². The summed E-state index contributed by atoms with van der Waals surface area (Å²) in [5, 5.41) is 0.433. The molecular weight excluding hydrogens is 396 g/mol. The highest BCUT2D eigenvalue weighted by molar-refractivity contribution is 6.33. The second-order valence-corrected chi connectivity index (χ2v) is 7.31. The van der Waals surface area contributed by atoms with Gasteiger partial charge in [0.2, 0.25) is 17.7 Å². The van der Waals surface area contributed by atoms with Gasteiger partial charge in [-0.1, -0.05) is 29.8 Å². The van der Waals surface area contributed by atoms with Crippen LogP contribution in [-0.4, -0.2) is 30.2 Å². The minimum atomic E-state index is -0.641. The van der Waals surface area contributed by atoms with Crippen LogP contribution < -0.4 is 14.5 Å². The molecular formula is C21H17ClN2O5. The first kappa shape index (κ1) is 19.1. The number of carbonyl (C=O) groups is 4. The van der Waals surface area contributed by atoms with E-state index in [0.29, 0.717) is 16.4 Å². The van der Waals surface area contributed by atoms with Gasteiger partial charge in [-0.2, -0.15) is 0 Å². The Balaban J connectivity index is 1.47. The van der Waals surface area contributed by atoms with Gasteiger partial charge in [-0.15, -0.1) is 0 Å². The molecule has 0 unspecified atom stereocenters. The van der Waals surface area contributed by atoms with Gasteiger partial charge in [0.15, 0.2) is 0 Å². The van der Waals surface area contributed by atoms with E-state index in [-0.39, 0.29) is 49.3 Å². The number of benzene rings is 2. The number of rotatable bonds is 4. The van der Waals surface area contributed by atoms with Gasteiger partial charge in [0.05, 0.1) is 22.3 Å². The minimum absolute atomic E-state index is 0.0207. The van der Waals surface area contributed by atoms with Gasteiger partial charge in [0, 0.05) is 31.9 Å². The van der Waals surface area contributed by atoms with Gasteiger partial charge in [-0.05, 0) is 24.3 Å². The van der Waals surface area contributed by atoms with Crippen LogP contribution in [0.2, 0.25) is 5.02 Å². The van der Waals surface area contributed by atoms with Gasteiger partial charge in [0.1, 0.15) is 5.75 Å². The summed E-state index contributed by atoms with van der Waals surface area (Å²) in [7, 11) is 0. The molecule has 4 rings (SSSR count). The van der Waals surface area contributed by atoms with E-state index in [9.17, 15) is 19.2 Å². The number of hydrogen-bond donors (Lipinski definition) is 0. The van der Waals surface area contributed by atoms with Crippen molar-refractivity contribution in [3.8, 4) is 5.75 Å². The van der Waals surface area contributed by atoms with Crippen LogP contribution in [0.4, 0.5) is 11.4 Å². The number of halogens is 1. The molecule has 3 amide bonds. The lowest BCUT2D eigenvalue weighted by Gasteiger charge is -2.18. The number of ether oxygens (including phenoxy) is 1. The molecule has 2 saturated heterocycles. The van der Waals surface area contributed by atoms with Crippen LogP contribution in [0.3, 0.4) is 0 Å². The van der Waals surface area contributed by atoms with Gasteiger partial charge in [0.25, 0.3) is 0 Å². The van der Waals surface area contributed by atoms with Crippen molar-refractivity contribution in [3.63, 3.8) is 0 Å². The Morgan fingerprint density at radius 1 is 0.966 bits per heavy atom. The lowest BCUT2D eigenvalue weighted by atomic mass is 10.1. The molecule has 0 spiro atoms. The molecule has 0 radical (unpaired) electrons. The highest BCUT2D eigenvalue weighted by Crippen LogP contribution is 2.32. The molecule has 2 heterocycles. The van der Waals surface area contributed by atoms with Gasteiger partial charge in [-0.3, -0.25) is 24.1 Å². The average Bonchev–Trinajstić information content (AvgIpc) is 3.24. The van der Waals surface area contributed by atoms with Crippen molar-refractivity contribution >= 4 is 46.7 Å².